The maximum atomic E-state index is 15.0. The fraction of sp³-hybridized carbons (Fsp3) is 0.138. The van der Waals surface area contributed by atoms with E-state index in [1.54, 1.807) is 35.3 Å². The summed E-state index contributed by atoms with van der Waals surface area (Å²) in [4.78, 5) is 29.6. The Bertz CT molecular complexity index is 2750. The van der Waals surface area contributed by atoms with Gasteiger partial charge in [-0.15, -0.1) is 35.3 Å². The first kappa shape index (κ1) is 49.9. The first-order valence-corrected chi connectivity index (χ1v) is 27.5. The number of nitrogens with one attached hydrogen (secondary N) is 2. The zero-order chi connectivity index (χ0) is 49.3. The van der Waals surface area contributed by atoms with Gasteiger partial charge in [-0.2, -0.15) is 0 Å². The van der Waals surface area contributed by atoms with Crippen molar-refractivity contribution in [2.45, 2.75) is 26.7 Å². The predicted molar refractivity (Wildman–Crippen MR) is 305 cm³/mol. The Morgan fingerprint density at radius 2 is 0.569 bits per heavy atom. The maximum Gasteiger partial charge on any atom is 0.243 e. The van der Waals surface area contributed by atoms with Crippen LogP contribution in [-0.2, 0) is 23.8 Å². The molecule has 0 aromatic heterocycles. The van der Waals surface area contributed by atoms with E-state index in [2.05, 4.69) is 247 Å². The summed E-state index contributed by atoms with van der Waals surface area (Å²) < 4.78 is -1.81. The average molecular weight is 995 g/mol. The van der Waals surface area contributed by atoms with E-state index in [1.807, 2.05) is 36.4 Å². The smallest absolute Gasteiger partial charge is 0.243 e. The molecule has 0 heterocycles. The van der Waals surface area contributed by atoms with Gasteiger partial charge < -0.3 is 10.6 Å². The van der Waals surface area contributed by atoms with Gasteiger partial charge in [0.15, 0.2) is 0 Å². The number of carbonyl (C=O) groups is 2. The van der Waals surface area contributed by atoms with Crippen LogP contribution in [0.4, 0.5) is 0 Å². The van der Waals surface area contributed by atoms with Crippen LogP contribution in [-0.4, -0.2) is 41.7 Å². The molecule has 0 spiro atoms. The molecule has 9 aromatic rings. The second-order valence-corrected chi connectivity index (χ2v) is 21.4. The van der Waals surface area contributed by atoms with Crippen LogP contribution >= 0.6 is 35.3 Å². The van der Waals surface area contributed by atoms with Gasteiger partial charge in [-0.3, -0.25) is 9.59 Å². The summed E-state index contributed by atoms with van der Waals surface area (Å²) in [5, 5.41) is 6.61. The highest BCUT2D eigenvalue weighted by Crippen LogP contribution is 2.51. The molecule has 0 fully saturated rings. The average Bonchev–Trinajstić information content (AvgIpc) is 3.46. The summed E-state index contributed by atoms with van der Waals surface area (Å²) in [6, 6.07) is 94.1. The molecule has 0 unspecified atom stereocenters. The van der Waals surface area contributed by atoms with E-state index >= 15 is 0 Å². The Labute approximate surface area is 438 Å². The van der Waals surface area contributed by atoms with E-state index in [1.165, 1.54) is 0 Å². The molecule has 7 heteroatoms. The van der Waals surface area contributed by atoms with Crippen molar-refractivity contribution >= 4 is 47.1 Å². The maximum absolute atomic E-state index is 15.0. The summed E-state index contributed by atoms with van der Waals surface area (Å²) in [7, 11) is 0. The molecule has 0 aliphatic carbocycles. The molecule has 1 atom stereocenters. The summed E-state index contributed by atoms with van der Waals surface area (Å²) in [6.45, 7) is 0.388. The van der Waals surface area contributed by atoms with Crippen molar-refractivity contribution < 1.29 is 9.59 Å². The molecular formula is C65H58N2O2S3. The fourth-order valence-corrected chi connectivity index (χ4v) is 14.2. The van der Waals surface area contributed by atoms with Gasteiger partial charge in [-0.05, 0) is 50.1 Å². The van der Waals surface area contributed by atoms with Gasteiger partial charge in [0, 0.05) is 30.2 Å². The number of rotatable bonds is 22. The predicted octanol–water partition coefficient (Wildman–Crippen LogP) is 14.2. The monoisotopic (exact) mass is 994 g/mol. The van der Waals surface area contributed by atoms with Crippen molar-refractivity contribution in [1.29, 1.82) is 0 Å². The molecule has 0 radical (unpaired) electrons. The van der Waals surface area contributed by atoms with E-state index < -0.39 is 20.3 Å². The summed E-state index contributed by atoms with van der Waals surface area (Å²) in [6.07, 6.45) is 0.207. The van der Waals surface area contributed by atoms with Crippen LogP contribution in [0.3, 0.4) is 0 Å². The van der Waals surface area contributed by atoms with Crippen molar-refractivity contribution in [2.24, 2.45) is 0 Å². The van der Waals surface area contributed by atoms with E-state index in [4.69, 9.17) is 0 Å². The molecule has 72 heavy (non-hydrogen) atoms. The highest BCUT2D eigenvalue weighted by Gasteiger charge is 2.41. The van der Waals surface area contributed by atoms with Crippen LogP contribution in [0, 0.1) is 0 Å². The molecule has 0 bridgehead atoms. The fourth-order valence-electron chi connectivity index (χ4n) is 9.76. The lowest BCUT2D eigenvalue weighted by Gasteiger charge is -2.37. The minimum Gasteiger partial charge on any atom is -0.353 e. The highest BCUT2D eigenvalue weighted by atomic mass is 32.2. The topological polar surface area (TPSA) is 58.2 Å². The van der Waals surface area contributed by atoms with Gasteiger partial charge in [0.2, 0.25) is 11.8 Å². The van der Waals surface area contributed by atoms with E-state index in [9.17, 15) is 9.59 Å². The molecule has 4 nitrogen and oxygen atoms in total. The zero-order valence-corrected chi connectivity index (χ0v) is 42.6. The van der Waals surface area contributed by atoms with Gasteiger partial charge in [0.05, 0.1) is 14.2 Å². The van der Waals surface area contributed by atoms with Gasteiger partial charge in [0.25, 0.3) is 0 Å². The normalized spacial score (nSPS) is 12.1. The molecule has 0 aliphatic heterocycles. The highest BCUT2D eigenvalue weighted by molar-refractivity contribution is 8.01. The lowest BCUT2D eigenvalue weighted by Crippen LogP contribution is -2.49. The molecule has 2 amide bonds. The van der Waals surface area contributed by atoms with E-state index in [0.717, 1.165) is 50.1 Å². The van der Waals surface area contributed by atoms with Crippen LogP contribution in [0.2, 0.25) is 0 Å². The summed E-state index contributed by atoms with van der Waals surface area (Å²) in [5.74, 6) is 1.02. The van der Waals surface area contributed by atoms with Crippen molar-refractivity contribution in [3.8, 4) is 0 Å². The lowest BCUT2D eigenvalue weighted by molar-refractivity contribution is -0.128. The Kier molecular flexibility index (Phi) is 16.9. The molecular weight excluding hydrogens is 937 g/mol. The number of hydrogen-bond donors (Lipinski definition) is 2. The van der Waals surface area contributed by atoms with Crippen LogP contribution in [0.15, 0.2) is 273 Å². The number of thioether (sulfide) groups is 3. The largest absolute Gasteiger partial charge is 0.353 e. The van der Waals surface area contributed by atoms with Gasteiger partial charge in [0.1, 0.15) is 6.04 Å². The van der Waals surface area contributed by atoms with Gasteiger partial charge in [-0.1, -0.05) is 273 Å². The summed E-state index contributed by atoms with van der Waals surface area (Å²) in [5.41, 5.74) is 10.1. The van der Waals surface area contributed by atoms with Crippen LogP contribution in [0.5, 0.6) is 0 Å². The van der Waals surface area contributed by atoms with Crippen molar-refractivity contribution in [3.05, 3.63) is 323 Å². The third-order valence-corrected chi connectivity index (χ3v) is 17.8. The third kappa shape index (κ3) is 11.0. The quantitative estimate of drug-likeness (QED) is 0.0523. The lowest BCUT2D eigenvalue weighted by atomic mass is 9.84. The second kappa shape index (κ2) is 24.4. The Morgan fingerprint density at radius 1 is 0.333 bits per heavy atom. The minimum absolute atomic E-state index is 0.179. The molecule has 0 saturated heterocycles. The number of benzene rings is 9. The molecule has 9 rings (SSSR count). The van der Waals surface area contributed by atoms with Gasteiger partial charge >= 0.3 is 0 Å². The first-order valence-electron chi connectivity index (χ1n) is 24.5. The van der Waals surface area contributed by atoms with Crippen molar-refractivity contribution in [2.75, 3.05) is 23.8 Å². The number of carbonyl (C=O) groups excluding carboxylic acids is 2. The molecule has 0 aliphatic rings. The van der Waals surface area contributed by atoms with Crippen molar-refractivity contribution in [1.82, 2.24) is 10.6 Å². The SMILES string of the molecule is O=C(CCSC(c1ccccc1)(c1ccccc1)c1ccccc1)N[C@@H](CSC(c1ccccc1)(c1ccccc1)c1ccccc1)C(=O)NCCSC(c1ccccc1)(c1ccccc1)c1ccccc1. The van der Waals surface area contributed by atoms with Crippen LogP contribution in [0.1, 0.15) is 56.5 Å². The number of amides is 2. The Morgan fingerprint density at radius 3 is 0.833 bits per heavy atom. The van der Waals surface area contributed by atoms with Gasteiger partial charge in [-0.25, -0.2) is 0 Å². The third-order valence-electron chi connectivity index (χ3n) is 13.1. The second-order valence-electron chi connectivity index (χ2n) is 17.5. The molecule has 0 saturated carbocycles. The molecule has 9 aromatic carbocycles. The summed E-state index contributed by atoms with van der Waals surface area (Å²) >= 11 is 5.22. The Hall–Kier alpha value is -7.03. The van der Waals surface area contributed by atoms with Crippen LogP contribution < -0.4 is 10.6 Å². The van der Waals surface area contributed by atoms with E-state index in [0.29, 0.717) is 23.8 Å². The molecule has 2 N–H and O–H groups in total. The minimum atomic E-state index is -0.850. The Balaban J connectivity index is 1.01. The van der Waals surface area contributed by atoms with Crippen LogP contribution in [0.25, 0.3) is 0 Å². The van der Waals surface area contributed by atoms with Crippen molar-refractivity contribution in [3.63, 3.8) is 0 Å². The van der Waals surface area contributed by atoms with E-state index in [-0.39, 0.29) is 18.2 Å². The zero-order valence-electron chi connectivity index (χ0n) is 40.1. The molecule has 358 valence electrons. The number of hydrogen-bond acceptors (Lipinski definition) is 5. The first-order chi connectivity index (χ1) is 35.5. The standard InChI is InChI=1S/C65H58N2O2S3/c68-61(46-48-70-63(51-28-10-1-11-29-51,52-30-12-2-13-31-52)53-32-14-3-15-33-53)67-60(50-72-65(57-40-22-7-23-41-57,58-42-24-8-25-43-58)59-44-26-9-27-45-59)62(69)66-47-49-71-64(54-34-16-4-17-35-54,55-36-18-5-19-37-55)56-38-20-6-21-39-56/h1-45,60H,46-50H2,(H,66,69)(H,67,68)/t60-/m0/s1.